The maximum absolute atomic E-state index is 12.2. The number of pyridine rings is 1. The van der Waals surface area contributed by atoms with Crippen LogP contribution in [-0.4, -0.2) is 44.4 Å². The Morgan fingerprint density at radius 2 is 2.05 bits per heavy atom. The predicted octanol–water partition coefficient (Wildman–Crippen LogP) is 2.13. The van der Waals surface area contributed by atoms with E-state index in [-0.39, 0.29) is 0 Å². The van der Waals surface area contributed by atoms with Gasteiger partial charge >= 0.3 is 10.2 Å². The third-order valence-electron chi connectivity index (χ3n) is 2.92. The Bertz CT molecular complexity index is 551. The smallest absolute Gasteiger partial charge is 0.302 e. The molecule has 1 aromatic rings. The maximum Gasteiger partial charge on any atom is 0.302 e. The van der Waals surface area contributed by atoms with Gasteiger partial charge in [-0.05, 0) is 60.9 Å². The minimum Gasteiger partial charge on any atom is -0.317 e. The number of nitrogens with zero attached hydrogens (tertiary/aromatic N) is 2. The van der Waals surface area contributed by atoms with Crippen molar-refractivity contribution >= 4 is 32.0 Å². The van der Waals surface area contributed by atoms with Crippen LogP contribution < -0.4 is 10.0 Å². The normalized spacial score (nSPS) is 11.9. The van der Waals surface area contributed by atoms with Crippen LogP contribution in [0.15, 0.2) is 16.6 Å². The van der Waals surface area contributed by atoms with E-state index in [9.17, 15) is 8.42 Å². The summed E-state index contributed by atoms with van der Waals surface area (Å²) in [5.74, 6) is 0.326. The Balaban J connectivity index is 2.53. The molecule has 0 unspecified atom stereocenters. The second-order valence-corrected chi connectivity index (χ2v) is 7.43. The first-order chi connectivity index (χ1) is 9.86. The van der Waals surface area contributed by atoms with Gasteiger partial charge in [-0.1, -0.05) is 6.92 Å². The summed E-state index contributed by atoms with van der Waals surface area (Å²) < 4.78 is 29.0. The van der Waals surface area contributed by atoms with Gasteiger partial charge < -0.3 is 5.32 Å². The van der Waals surface area contributed by atoms with Crippen molar-refractivity contribution in [1.82, 2.24) is 14.6 Å². The number of anilines is 1. The van der Waals surface area contributed by atoms with Crippen LogP contribution >= 0.6 is 15.9 Å². The molecule has 0 aliphatic rings. The van der Waals surface area contributed by atoms with Crippen molar-refractivity contribution in [3.8, 4) is 0 Å². The zero-order chi connectivity index (χ0) is 15.9. The van der Waals surface area contributed by atoms with E-state index < -0.39 is 10.2 Å². The van der Waals surface area contributed by atoms with Crippen LogP contribution in [0.25, 0.3) is 0 Å². The number of halogens is 1. The SMILES string of the molecule is CCCNCCCN(C)S(=O)(=O)Nc1ccc(Br)c(C)n1. The molecule has 0 saturated heterocycles. The lowest BCUT2D eigenvalue weighted by atomic mass is 10.4. The van der Waals surface area contributed by atoms with Crippen LogP contribution in [0.5, 0.6) is 0 Å². The molecule has 8 heteroatoms. The van der Waals surface area contributed by atoms with Crippen LogP contribution in [0.1, 0.15) is 25.5 Å². The van der Waals surface area contributed by atoms with Gasteiger partial charge in [0.25, 0.3) is 0 Å². The highest BCUT2D eigenvalue weighted by atomic mass is 79.9. The summed E-state index contributed by atoms with van der Waals surface area (Å²) in [6.45, 7) is 6.13. The molecule has 6 nitrogen and oxygen atoms in total. The molecule has 1 heterocycles. The molecule has 0 atom stereocenters. The third kappa shape index (κ3) is 6.29. The van der Waals surface area contributed by atoms with Crippen LogP contribution in [0, 0.1) is 6.92 Å². The molecule has 0 fully saturated rings. The van der Waals surface area contributed by atoms with Gasteiger partial charge in [0.05, 0.1) is 5.69 Å². The second kappa shape index (κ2) is 8.67. The molecule has 0 amide bonds. The summed E-state index contributed by atoms with van der Waals surface area (Å²) in [4.78, 5) is 4.18. The Morgan fingerprint density at radius 1 is 1.33 bits per heavy atom. The van der Waals surface area contributed by atoms with E-state index in [4.69, 9.17) is 0 Å². The largest absolute Gasteiger partial charge is 0.317 e. The Morgan fingerprint density at radius 3 is 2.67 bits per heavy atom. The number of hydrogen-bond acceptors (Lipinski definition) is 4. The molecular weight excluding hydrogens is 356 g/mol. The van der Waals surface area contributed by atoms with Crippen molar-refractivity contribution in [3.63, 3.8) is 0 Å². The zero-order valence-corrected chi connectivity index (χ0v) is 15.1. The number of nitrogens with one attached hydrogen (secondary N) is 2. The van der Waals surface area contributed by atoms with Crippen molar-refractivity contribution < 1.29 is 8.42 Å². The minimum absolute atomic E-state index is 0.326. The summed E-state index contributed by atoms with van der Waals surface area (Å²) in [5, 5.41) is 3.25. The highest BCUT2D eigenvalue weighted by Gasteiger charge is 2.17. The van der Waals surface area contributed by atoms with E-state index >= 15 is 0 Å². The molecule has 0 aliphatic carbocycles. The zero-order valence-electron chi connectivity index (χ0n) is 12.7. The molecule has 21 heavy (non-hydrogen) atoms. The molecule has 0 aromatic carbocycles. The Labute approximate surface area is 135 Å². The van der Waals surface area contributed by atoms with E-state index in [0.29, 0.717) is 12.4 Å². The number of aryl methyl sites for hydroxylation is 1. The quantitative estimate of drug-likeness (QED) is 0.645. The molecule has 2 N–H and O–H groups in total. The minimum atomic E-state index is -3.56. The summed E-state index contributed by atoms with van der Waals surface area (Å²) >= 11 is 3.34. The molecule has 0 spiro atoms. The van der Waals surface area contributed by atoms with Crippen molar-refractivity contribution in [2.45, 2.75) is 26.7 Å². The van der Waals surface area contributed by atoms with Crippen LogP contribution in [0.4, 0.5) is 5.82 Å². The predicted molar refractivity (Wildman–Crippen MR) is 89.6 cm³/mol. The molecule has 1 rings (SSSR count). The van der Waals surface area contributed by atoms with E-state index in [0.717, 1.165) is 36.1 Å². The fourth-order valence-corrected chi connectivity index (χ4v) is 2.78. The van der Waals surface area contributed by atoms with Crippen LogP contribution in [0.2, 0.25) is 0 Å². The van der Waals surface area contributed by atoms with E-state index in [1.54, 1.807) is 19.2 Å². The molecule has 0 aliphatic heterocycles. The van der Waals surface area contributed by atoms with Gasteiger partial charge in [0.1, 0.15) is 5.82 Å². The van der Waals surface area contributed by atoms with Gasteiger partial charge in [-0.3, -0.25) is 4.72 Å². The Kier molecular flexibility index (Phi) is 7.58. The summed E-state index contributed by atoms with van der Waals surface area (Å²) in [5.41, 5.74) is 0.738. The van der Waals surface area contributed by atoms with Crippen molar-refractivity contribution in [3.05, 3.63) is 22.3 Å². The monoisotopic (exact) mass is 378 g/mol. The lowest BCUT2D eigenvalue weighted by molar-refractivity contribution is 0.458. The number of aromatic nitrogens is 1. The van der Waals surface area contributed by atoms with Gasteiger partial charge in [-0.25, -0.2) is 4.98 Å². The summed E-state index contributed by atoms with van der Waals surface area (Å²) in [6, 6.07) is 3.40. The summed E-state index contributed by atoms with van der Waals surface area (Å²) in [7, 11) is -1.99. The lowest BCUT2D eigenvalue weighted by Crippen LogP contribution is -2.34. The van der Waals surface area contributed by atoms with Gasteiger partial charge in [-0.15, -0.1) is 0 Å². The average molecular weight is 379 g/mol. The van der Waals surface area contributed by atoms with E-state index in [1.807, 2.05) is 6.92 Å². The van der Waals surface area contributed by atoms with Crippen molar-refractivity contribution in [2.24, 2.45) is 0 Å². The molecule has 0 bridgehead atoms. The van der Waals surface area contributed by atoms with E-state index in [1.165, 1.54) is 4.31 Å². The van der Waals surface area contributed by atoms with Gasteiger partial charge in [-0.2, -0.15) is 12.7 Å². The van der Waals surface area contributed by atoms with Crippen molar-refractivity contribution in [2.75, 3.05) is 31.4 Å². The number of rotatable bonds is 9. The second-order valence-electron chi connectivity index (χ2n) is 4.80. The summed E-state index contributed by atoms with van der Waals surface area (Å²) in [6.07, 6.45) is 1.84. The van der Waals surface area contributed by atoms with Crippen LogP contribution in [-0.2, 0) is 10.2 Å². The first-order valence-corrected chi connectivity index (χ1v) is 9.18. The highest BCUT2D eigenvalue weighted by Crippen LogP contribution is 2.17. The maximum atomic E-state index is 12.2. The molecule has 1 aromatic heterocycles. The van der Waals surface area contributed by atoms with Gasteiger partial charge in [0.15, 0.2) is 0 Å². The van der Waals surface area contributed by atoms with E-state index in [2.05, 4.69) is 37.9 Å². The van der Waals surface area contributed by atoms with Crippen LogP contribution in [0.3, 0.4) is 0 Å². The Hall–Kier alpha value is -0.700. The fraction of sp³-hybridized carbons (Fsp3) is 0.615. The average Bonchev–Trinajstić information content (AvgIpc) is 2.42. The molecule has 120 valence electrons. The topological polar surface area (TPSA) is 74.3 Å². The number of hydrogen-bond donors (Lipinski definition) is 2. The first-order valence-electron chi connectivity index (χ1n) is 6.94. The van der Waals surface area contributed by atoms with Gasteiger partial charge in [0, 0.05) is 18.1 Å². The first kappa shape index (κ1) is 18.3. The highest BCUT2D eigenvalue weighted by molar-refractivity contribution is 9.10. The standard InChI is InChI=1S/C13H23BrN4O2S/c1-4-8-15-9-5-10-18(3)21(19,20)17-13-7-6-12(14)11(2)16-13/h6-7,15H,4-5,8-10H2,1-3H3,(H,16,17). The molecule has 0 radical (unpaired) electrons. The van der Waals surface area contributed by atoms with Gasteiger partial charge in [0.2, 0.25) is 0 Å². The van der Waals surface area contributed by atoms with Crippen molar-refractivity contribution in [1.29, 1.82) is 0 Å². The molecule has 0 saturated carbocycles. The third-order valence-corrected chi connectivity index (χ3v) is 5.23. The fourth-order valence-electron chi connectivity index (χ4n) is 1.66. The molecular formula is C13H23BrN4O2S. The lowest BCUT2D eigenvalue weighted by Gasteiger charge is -2.18.